The zero-order valence-electron chi connectivity index (χ0n) is 11.9. The Hall–Kier alpha value is -2.18. The molecule has 7 heteroatoms. The molecule has 1 amide bonds. The van der Waals surface area contributed by atoms with Crippen LogP contribution in [-0.2, 0) is 16.0 Å². The molecule has 1 aromatic rings. The van der Waals surface area contributed by atoms with Crippen LogP contribution in [0.4, 0.5) is 0 Å². The first kappa shape index (κ1) is 15.9. The highest BCUT2D eigenvalue weighted by molar-refractivity contribution is 5.79. The van der Waals surface area contributed by atoms with Gasteiger partial charge < -0.3 is 15.0 Å². The van der Waals surface area contributed by atoms with E-state index in [0.29, 0.717) is 23.5 Å². The maximum absolute atomic E-state index is 12.2. The van der Waals surface area contributed by atoms with E-state index in [1.807, 2.05) is 0 Å². The molecule has 1 rings (SSSR count). The van der Waals surface area contributed by atoms with Crippen molar-refractivity contribution in [3.8, 4) is 0 Å². The fraction of sp³-hybridized carbons (Fsp3) is 0.538. The summed E-state index contributed by atoms with van der Waals surface area (Å²) in [6.07, 6.45) is 0.0241. The molecule has 1 aromatic heterocycles. The van der Waals surface area contributed by atoms with Crippen LogP contribution in [-0.4, -0.2) is 44.9 Å². The quantitative estimate of drug-likeness (QED) is 0.778. The summed E-state index contributed by atoms with van der Waals surface area (Å²) in [7, 11) is 0. The van der Waals surface area contributed by atoms with Gasteiger partial charge in [-0.25, -0.2) is 4.79 Å². The van der Waals surface area contributed by atoms with Gasteiger partial charge in [0, 0.05) is 30.0 Å². The number of aryl methyl sites for hydroxylation is 2. The first-order valence-electron chi connectivity index (χ1n) is 6.41. The summed E-state index contributed by atoms with van der Waals surface area (Å²) < 4.78 is 0. The lowest BCUT2D eigenvalue weighted by molar-refractivity contribution is -0.138. The van der Waals surface area contributed by atoms with Crippen LogP contribution in [0.15, 0.2) is 4.79 Å². The molecule has 20 heavy (non-hydrogen) atoms. The van der Waals surface area contributed by atoms with Crippen LogP contribution in [0.25, 0.3) is 0 Å². The third-order valence-electron chi connectivity index (χ3n) is 3.11. The van der Waals surface area contributed by atoms with Gasteiger partial charge >= 0.3 is 11.7 Å². The molecule has 0 unspecified atom stereocenters. The molecular weight excluding hydrogens is 262 g/mol. The number of carbonyl (C=O) groups excluding carboxylic acids is 1. The Morgan fingerprint density at radius 3 is 2.50 bits per heavy atom. The van der Waals surface area contributed by atoms with Crippen molar-refractivity contribution < 1.29 is 14.7 Å². The summed E-state index contributed by atoms with van der Waals surface area (Å²) in [6, 6.07) is 0. The van der Waals surface area contributed by atoms with E-state index in [1.54, 1.807) is 20.8 Å². The van der Waals surface area contributed by atoms with Crippen molar-refractivity contribution in [1.29, 1.82) is 0 Å². The van der Waals surface area contributed by atoms with Gasteiger partial charge in [-0.1, -0.05) is 0 Å². The number of nitrogens with one attached hydrogen (secondary N) is 1. The van der Waals surface area contributed by atoms with E-state index in [9.17, 15) is 14.4 Å². The predicted octanol–water partition coefficient (Wildman–Crippen LogP) is 0.252. The molecule has 0 saturated carbocycles. The summed E-state index contributed by atoms with van der Waals surface area (Å²) in [4.78, 5) is 41.7. The Kier molecular flexibility index (Phi) is 5.42. The Balaban J connectivity index is 2.83. The summed E-state index contributed by atoms with van der Waals surface area (Å²) in [5.74, 6) is -1.11. The van der Waals surface area contributed by atoms with Gasteiger partial charge in [0.05, 0.1) is 12.8 Å². The van der Waals surface area contributed by atoms with Crippen molar-refractivity contribution in [2.45, 2.75) is 33.6 Å². The second kappa shape index (κ2) is 6.83. The van der Waals surface area contributed by atoms with Crippen molar-refractivity contribution in [3.05, 3.63) is 27.4 Å². The number of aliphatic carboxylic acids is 1. The zero-order chi connectivity index (χ0) is 15.3. The predicted molar refractivity (Wildman–Crippen MR) is 72.5 cm³/mol. The van der Waals surface area contributed by atoms with Crippen LogP contribution in [0.2, 0.25) is 0 Å². The molecule has 7 nitrogen and oxygen atoms in total. The van der Waals surface area contributed by atoms with E-state index < -0.39 is 11.7 Å². The van der Waals surface area contributed by atoms with E-state index in [0.717, 1.165) is 0 Å². The van der Waals surface area contributed by atoms with Crippen LogP contribution < -0.4 is 5.69 Å². The molecule has 0 aliphatic heterocycles. The summed E-state index contributed by atoms with van der Waals surface area (Å²) >= 11 is 0. The minimum absolute atomic E-state index is 0.0819. The monoisotopic (exact) mass is 281 g/mol. The Bertz CT molecular complexity index is 539. The fourth-order valence-electron chi connectivity index (χ4n) is 1.97. The lowest BCUT2D eigenvalue weighted by Gasteiger charge is -2.20. The van der Waals surface area contributed by atoms with Crippen LogP contribution in [0.1, 0.15) is 30.3 Å². The van der Waals surface area contributed by atoms with Gasteiger partial charge in [0.15, 0.2) is 0 Å². The molecule has 0 aromatic carbocycles. The van der Waals surface area contributed by atoms with Crippen LogP contribution in [0.5, 0.6) is 0 Å². The van der Waals surface area contributed by atoms with Gasteiger partial charge in [0.2, 0.25) is 5.91 Å². The van der Waals surface area contributed by atoms with Gasteiger partial charge in [0.1, 0.15) is 0 Å². The SMILES string of the molecule is CCN(CCC(=O)O)C(=O)Cc1c(C)nc(=O)[nH]c1C. The lowest BCUT2D eigenvalue weighted by atomic mass is 10.1. The summed E-state index contributed by atoms with van der Waals surface area (Å²) in [5.41, 5.74) is 1.39. The molecule has 0 bridgehead atoms. The standard InChI is InChI=1S/C13H19N3O4/c1-4-16(6-5-12(18)19)11(17)7-10-8(2)14-13(20)15-9(10)3/h4-7H2,1-3H3,(H,18,19)(H,14,15,20). The highest BCUT2D eigenvalue weighted by Crippen LogP contribution is 2.09. The molecule has 0 aliphatic rings. The van der Waals surface area contributed by atoms with Crippen LogP contribution in [0, 0.1) is 13.8 Å². The Morgan fingerprint density at radius 2 is 2.00 bits per heavy atom. The van der Waals surface area contributed by atoms with Gasteiger partial charge in [-0.2, -0.15) is 4.98 Å². The maximum atomic E-state index is 12.2. The van der Waals surface area contributed by atoms with Gasteiger partial charge in [-0.05, 0) is 20.8 Å². The number of aromatic amines is 1. The van der Waals surface area contributed by atoms with Crippen LogP contribution >= 0.6 is 0 Å². The van der Waals surface area contributed by atoms with E-state index in [-0.39, 0.29) is 25.3 Å². The molecule has 0 saturated heterocycles. The molecule has 0 radical (unpaired) electrons. The number of hydrogen-bond acceptors (Lipinski definition) is 4. The highest BCUT2D eigenvalue weighted by Gasteiger charge is 2.16. The number of carbonyl (C=O) groups is 2. The first-order chi connectivity index (χ1) is 9.35. The second-order valence-corrected chi connectivity index (χ2v) is 4.52. The molecule has 2 N–H and O–H groups in total. The Labute approximate surface area is 116 Å². The topological polar surface area (TPSA) is 103 Å². The van der Waals surface area contributed by atoms with Crippen molar-refractivity contribution in [1.82, 2.24) is 14.9 Å². The minimum atomic E-state index is -0.936. The maximum Gasteiger partial charge on any atom is 0.345 e. The third kappa shape index (κ3) is 4.18. The van der Waals surface area contributed by atoms with Gasteiger partial charge in [-0.3, -0.25) is 9.59 Å². The third-order valence-corrected chi connectivity index (χ3v) is 3.11. The van der Waals surface area contributed by atoms with E-state index in [2.05, 4.69) is 9.97 Å². The number of H-pyrrole nitrogens is 1. The number of carboxylic acids is 1. The van der Waals surface area contributed by atoms with Crippen molar-refractivity contribution in [2.24, 2.45) is 0 Å². The van der Waals surface area contributed by atoms with E-state index in [4.69, 9.17) is 5.11 Å². The first-order valence-corrected chi connectivity index (χ1v) is 6.41. The van der Waals surface area contributed by atoms with Gasteiger partial charge in [-0.15, -0.1) is 0 Å². The van der Waals surface area contributed by atoms with Gasteiger partial charge in [0.25, 0.3) is 0 Å². The number of hydrogen-bond donors (Lipinski definition) is 2. The number of aromatic nitrogens is 2. The summed E-state index contributed by atoms with van der Waals surface area (Å²) in [6.45, 7) is 5.82. The number of amides is 1. The number of nitrogens with zero attached hydrogens (tertiary/aromatic N) is 2. The largest absolute Gasteiger partial charge is 0.481 e. The average molecular weight is 281 g/mol. The fourth-order valence-corrected chi connectivity index (χ4v) is 1.97. The molecule has 0 aliphatic carbocycles. The molecule has 1 heterocycles. The number of likely N-dealkylation sites (N-methyl/N-ethyl adjacent to an activating group) is 1. The van der Waals surface area contributed by atoms with Crippen molar-refractivity contribution in [2.75, 3.05) is 13.1 Å². The molecular formula is C13H19N3O4. The van der Waals surface area contributed by atoms with E-state index in [1.165, 1.54) is 4.90 Å². The second-order valence-electron chi connectivity index (χ2n) is 4.52. The van der Waals surface area contributed by atoms with Crippen molar-refractivity contribution >= 4 is 11.9 Å². The molecule has 0 atom stereocenters. The number of rotatable bonds is 6. The molecule has 0 spiro atoms. The highest BCUT2D eigenvalue weighted by atomic mass is 16.4. The summed E-state index contributed by atoms with van der Waals surface area (Å²) in [5, 5.41) is 8.66. The van der Waals surface area contributed by atoms with E-state index >= 15 is 0 Å². The average Bonchev–Trinajstić information content (AvgIpc) is 2.34. The minimum Gasteiger partial charge on any atom is -0.481 e. The number of carboxylic acid groups (broad SMARTS) is 1. The zero-order valence-corrected chi connectivity index (χ0v) is 11.9. The smallest absolute Gasteiger partial charge is 0.345 e. The lowest BCUT2D eigenvalue weighted by Crippen LogP contribution is -2.34. The Morgan fingerprint density at radius 1 is 1.35 bits per heavy atom. The molecule has 0 fully saturated rings. The van der Waals surface area contributed by atoms with Crippen molar-refractivity contribution in [3.63, 3.8) is 0 Å². The van der Waals surface area contributed by atoms with Crippen LogP contribution in [0.3, 0.4) is 0 Å². The molecule has 110 valence electrons. The normalized spacial score (nSPS) is 10.3.